The predicted molar refractivity (Wildman–Crippen MR) is 63.4 cm³/mol. The van der Waals surface area contributed by atoms with E-state index in [-0.39, 0.29) is 6.61 Å². The van der Waals surface area contributed by atoms with E-state index in [9.17, 15) is 0 Å². The van der Waals surface area contributed by atoms with Crippen LogP contribution in [0.4, 0.5) is 0 Å². The molecule has 4 nitrogen and oxygen atoms in total. The van der Waals surface area contributed by atoms with E-state index < -0.39 is 0 Å². The van der Waals surface area contributed by atoms with E-state index in [1.165, 1.54) is 0 Å². The van der Waals surface area contributed by atoms with Gasteiger partial charge in [-0.25, -0.2) is 0 Å². The minimum atomic E-state index is -0.0269. The van der Waals surface area contributed by atoms with Crippen LogP contribution in [0.5, 0.6) is 5.88 Å². The third kappa shape index (κ3) is 3.46. The Bertz CT molecular complexity index is 476. The molecular formula is C13H13NO3. The molecule has 1 aromatic heterocycles. The number of benzene rings is 1. The van der Waals surface area contributed by atoms with Gasteiger partial charge in [-0.3, -0.25) is 0 Å². The van der Waals surface area contributed by atoms with Crippen LogP contribution in [0.1, 0.15) is 11.3 Å². The first-order valence-corrected chi connectivity index (χ1v) is 5.29. The van der Waals surface area contributed by atoms with Crippen molar-refractivity contribution in [1.82, 2.24) is 5.16 Å². The standard InChI is InChI=1S/C13H13NO3/c15-8-4-7-12-9-13(14-17-12)16-10-11-5-2-1-3-6-11/h1-7,9,15H,8,10H2. The van der Waals surface area contributed by atoms with Crippen LogP contribution in [-0.2, 0) is 6.61 Å². The van der Waals surface area contributed by atoms with Crippen molar-refractivity contribution < 1.29 is 14.4 Å². The van der Waals surface area contributed by atoms with Gasteiger partial charge in [-0.1, -0.05) is 36.4 Å². The first kappa shape index (κ1) is 11.4. The maximum Gasteiger partial charge on any atom is 0.255 e. The van der Waals surface area contributed by atoms with Gasteiger partial charge < -0.3 is 14.4 Å². The van der Waals surface area contributed by atoms with Crippen LogP contribution in [0.25, 0.3) is 6.08 Å². The minimum Gasteiger partial charge on any atom is -0.471 e. The quantitative estimate of drug-likeness (QED) is 0.857. The molecule has 0 unspecified atom stereocenters. The molecule has 0 bridgehead atoms. The molecule has 0 amide bonds. The molecule has 0 fully saturated rings. The summed E-state index contributed by atoms with van der Waals surface area (Å²) in [5.74, 6) is 0.994. The Labute approximate surface area is 99.1 Å². The van der Waals surface area contributed by atoms with E-state index in [0.717, 1.165) is 5.56 Å². The van der Waals surface area contributed by atoms with Gasteiger partial charge in [0, 0.05) is 6.07 Å². The maximum absolute atomic E-state index is 8.61. The van der Waals surface area contributed by atoms with Crippen molar-refractivity contribution in [3.63, 3.8) is 0 Å². The van der Waals surface area contributed by atoms with Crippen molar-refractivity contribution in [2.24, 2.45) is 0 Å². The summed E-state index contributed by atoms with van der Waals surface area (Å²) in [5, 5.41) is 12.4. The Kier molecular flexibility index (Phi) is 3.94. The zero-order valence-electron chi connectivity index (χ0n) is 9.24. The topological polar surface area (TPSA) is 55.5 Å². The third-order valence-corrected chi connectivity index (χ3v) is 2.12. The highest BCUT2D eigenvalue weighted by Crippen LogP contribution is 2.14. The molecule has 0 radical (unpaired) electrons. The van der Waals surface area contributed by atoms with Gasteiger partial charge >= 0.3 is 0 Å². The Morgan fingerprint density at radius 1 is 1.29 bits per heavy atom. The van der Waals surface area contributed by atoms with Gasteiger partial charge in [0.2, 0.25) is 0 Å². The van der Waals surface area contributed by atoms with Crippen LogP contribution >= 0.6 is 0 Å². The van der Waals surface area contributed by atoms with E-state index >= 15 is 0 Å². The average Bonchev–Trinajstić information content (AvgIpc) is 2.83. The van der Waals surface area contributed by atoms with E-state index in [4.69, 9.17) is 14.4 Å². The molecule has 0 saturated heterocycles. The van der Waals surface area contributed by atoms with E-state index in [2.05, 4.69) is 5.16 Å². The summed E-state index contributed by atoms with van der Waals surface area (Å²) in [5.41, 5.74) is 1.07. The number of aliphatic hydroxyl groups is 1. The fraction of sp³-hybridized carbons (Fsp3) is 0.154. The molecule has 0 atom stereocenters. The molecule has 17 heavy (non-hydrogen) atoms. The minimum absolute atomic E-state index is 0.0269. The van der Waals surface area contributed by atoms with Gasteiger partial charge in [-0.15, -0.1) is 0 Å². The molecular weight excluding hydrogens is 218 g/mol. The second-order valence-corrected chi connectivity index (χ2v) is 3.43. The Hall–Kier alpha value is -2.07. The summed E-state index contributed by atoms with van der Waals surface area (Å²) in [6.45, 7) is 0.428. The summed E-state index contributed by atoms with van der Waals surface area (Å²) in [4.78, 5) is 0. The van der Waals surface area contributed by atoms with Crippen LogP contribution in [0.2, 0.25) is 0 Å². The summed E-state index contributed by atoms with van der Waals surface area (Å²) >= 11 is 0. The lowest BCUT2D eigenvalue weighted by atomic mass is 10.2. The number of ether oxygens (including phenoxy) is 1. The summed E-state index contributed by atoms with van der Waals surface area (Å²) in [6.07, 6.45) is 3.21. The number of hydrogen-bond donors (Lipinski definition) is 1. The molecule has 0 spiro atoms. The Morgan fingerprint density at radius 3 is 2.88 bits per heavy atom. The van der Waals surface area contributed by atoms with Crippen molar-refractivity contribution in [3.8, 4) is 5.88 Å². The molecule has 0 aliphatic rings. The van der Waals surface area contributed by atoms with Gasteiger partial charge in [0.05, 0.1) is 6.61 Å². The van der Waals surface area contributed by atoms with Crippen LogP contribution < -0.4 is 4.74 Å². The molecule has 2 aromatic rings. The monoisotopic (exact) mass is 231 g/mol. The highest BCUT2D eigenvalue weighted by molar-refractivity contribution is 5.43. The van der Waals surface area contributed by atoms with Crippen molar-refractivity contribution in [1.29, 1.82) is 0 Å². The smallest absolute Gasteiger partial charge is 0.255 e. The molecule has 1 N–H and O–H groups in total. The molecule has 2 rings (SSSR count). The van der Waals surface area contributed by atoms with Gasteiger partial charge in [-0.05, 0) is 16.8 Å². The van der Waals surface area contributed by atoms with E-state index in [1.54, 1.807) is 18.2 Å². The van der Waals surface area contributed by atoms with Crippen LogP contribution in [0, 0.1) is 0 Å². The van der Waals surface area contributed by atoms with Crippen LogP contribution in [0.3, 0.4) is 0 Å². The number of aliphatic hydroxyl groups excluding tert-OH is 1. The lowest BCUT2D eigenvalue weighted by Crippen LogP contribution is -1.94. The van der Waals surface area contributed by atoms with Crippen molar-refractivity contribution in [3.05, 3.63) is 53.8 Å². The van der Waals surface area contributed by atoms with Crippen molar-refractivity contribution >= 4 is 6.08 Å². The van der Waals surface area contributed by atoms with Gasteiger partial charge in [0.15, 0.2) is 5.76 Å². The zero-order valence-corrected chi connectivity index (χ0v) is 9.24. The van der Waals surface area contributed by atoms with Crippen LogP contribution in [-0.4, -0.2) is 16.9 Å². The summed E-state index contributed by atoms with van der Waals surface area (Å²) in [6, 6.07) is 11.5. The first-order chi connectivity index (χ1) is 8.38. The SMILES string of the molecule is OCC=Cc1cc(OCc2ccccc2)no1. The fourth-order valence-corrected chi connectivity index (χ4v) is 1.32. The fourth-order valence-electron chi connectivity index (χ4n) is 1.32. The Balaban J connectivity index is 1.91. The predicted octanol–water partition coefficient (Wildman–Crippen LogP) is 2.26. The number of hydrogen-bond acceptors (Lipinski definition) is 4. The van der Waals surface area contributed by atoms with Crippen molar-refractivity contribution in [2.45, 2.75) is 6.61 Å². The van der Waals surface area contributed by atoms with Gasteiger partial charge in [-0.2, -0.15) is 0 Å². The van der Waals surface area contributed by atoms with Gasteiger partial charge in [0.25, 0.3) is 5.88 Å². The molecule has 1 heterocycles. The Morgan fingerprint density at radius 2 is 2.12 bits per heavy atom. The zero-order chi connectivity index (χ0) is 11.9. The third-order valence-electron chi connectivity index (χ3n) is 2.12. The second kappa shape index (κ2) is 5.86. The molecule has 88 valence electrons. The molecule has 4 heteroatoms. The van der Waals surface area contributed by atoms with Gasteiger partial charge in [0.1, 0.15) is 6.61 Å². The van der Waals surface area contributed by atoms with Crippen LogP contribution in [0.15, 0.2) is 47.0 Å². The highest BCUT2D eigenvalue weighted by Gasteiger charge is 2.02. The maximum atomic E-state index is 8.61. The number of nitrogens with zero attached hydrogens (tertiary/aromatic N) is 1. The van der Waals surface area contributed by atoms with Crippen molar-refractivity contribution in [2.75, 3.05) is 6.61 Å². The van der Waals surface area contributed by atoms with E-state index in [1.807, 2.05) is 30.3 Å². The lowest BCUT2D eigenvalue weighted by Gasteiger charge is -2.00. The highest BCUT2D eigenvalue weighted by atomic mass is 16.5. The average molecular weight is 231 g/mol. The molecule has 0 saturated carbocycles. The molecule has 0 aliphatic heterocycles. The normalized spacial score (nSPS) is 10.9. The van der Waals surface area contributed by atoms with E-state index in [0.29, 0.717) is 18.2 Å². The number of rotatable bonds is 5. The summed E-state index contributed by atoms with van der Waals surface area (Å²) in [7, 11) is 0. The lowest BCUT2D eigenvalue weighted by molar-refractivity contribution is 0.268. The number of aromatic nitrogens is 1. The molecule has 0 aliphatic carbocycles. The summed E-state index contributed by atoms with van der Waals surface area (Å²) < 4.78 is 10.4. The first-order valence-electron chi connectivity index (χ1n) is 5.29. The molecule has 1 aromatic carbocycles. The second-order valence-electron chi connectivity index (χ2n) is 3.43. The largest absolute Gasteiger partial charge is 0.471 e.